The van der Waals surface area contributed by atoms with Crippen LogP contribution in [0, 0.1) is 6.92 Å². The predicted molar refractivity (Wildman–Crippen MR) is 145 cm³/mol. The third-order valence-electron chi connectivity index (χ3n) is 6.33. The van der Waals surface area contributed by atoms with Gasteiger partial charge in [-0.1, -0.05) is 18.3 Å². The molecule has 0 bridgehead atoms. The Morgan fingerprint density at radius 2 is 1.89 bits per heavy atom. The van der Waals surface area contributed by atoms with E-state index in [0.717, 1.165) is 69.9 Å². The third-order valence-corrected chi connectivity index (χ3v) is 7.09. The standard InChI is InChI=1S/C26H32N6O4S/c1-6-8-32-20-12-17(23-14-27-7-9-36-23)18(29-26-31-30-15(2)37-26)13-19(20)28-25(32)16-10-21(33-3)24(35-5)22(11-16)34-4/h10-13,23,27H,6-9,14H2,1-5H3,(H,29,31). The summed E-state index contributed by atoms with van der Waals surface area (Å²) in [4.78, 5) is 5.08. The predicted octanol–water partition coefficient (Wildman–Crippen LogP) is 4.70. The topological polar surface area (TPSA) is 105 Å². The highest BCUT2D eigenvalue weighted by Crippen LogP contribution is 2.42. The highest BCUT2D eigenvalue weighted by atomic mass is 32.1. The molecule has 2 aromatic carbocycles. The monoisotopic (exact) mass is 524 g/mol. The van der Waals surface area contributed by atoms with Crippen molar-refractivity contribution in [1.82, 2.24) is 25.1 Å². The van der Waals surface area contributed by atoms with E-state index in [-0.39, 0.29) is 6.10 Å². The molecule has 4 aromatic rings. The van der Waals surface area contributed by atoms with Crippen LogP contribution in [0.25, 0.3) is 22.4 Å². The Morgan fingerprint density at radius 3 is 2.49 bits per heavy atom. The molecule has 1 aliphatic rings. The van der Waals surface area contributed by atoms with Gasteiger partial charge in [-0.05, 0) is 37.6 Å². The quantitative estimate of drug-likeness (QED) is 0.322. The Bertz CT molecular complexity index is 1370. The van der Waals surface area contributed by atoms with Gasteiger partial charge in [-0.3, -0.25) is 0 Å². The second kappa shape index (κ2) is 10.9. The van der Waals surface area contributed by atoms with Gasteiger partial charge in [0, 0.05) is 36.4 Å². The molecule has 2 aromatic heterocycles. The first-order chi connectivity index (χ1) is 18.1. The molecule has 196 valence electrons. The number of aromatic nitrogens is 4. The average molecular weight is 525 g/mol. The minimum Gasteiger partial charge on any atom is -0.493 e. The molecule has 0 spiro atoms. The van der Waals surface area contributed by atoms with Gasteiger partial charge in [0.25, 0.3) is 0 Å². The zero-order chi connectivity index (χ0) is 25.9. The van der Waals surface area contributed by atoms with Crippen LogP contribution in [0.5, 0.6) is 17.2 Å². The smallest absolute Gasteiger partial charge is 0.210 e. The van der Waals surface area contributed by atoms with Crippen LogP contribution in [0.2, 0.25) is 0 Å². The summed E-state index contributed by atoms with van der Waals surface area (Å²) in [6.07, 6.45) is 0.855. The van der Waals surface area contributed by atoms with Gasteiger partial charge in [-0.25, -0.2) is 4.98 Å². The number of methoxy groups -OCH3 is 3. The van der Waals surface area contributed by atoms with E-state index >= 15 is 0 Å². The number of ether oxygens (including phenoxy) is 4. The van der Waals surface area contributed by atoms with Crippen molar-refractivity contribution in [2.24, 2.45) is 0 Å². The SMILES string of the molecule is CCCn1c(-c2cc(OC)c(OC)c(OC)c2)nc2cc(Nc3nnc(C)s3)c(C3CNCCO3)cc21. The van der Waals surface area contributed by atoms with Crippen molar-refractivity contribution in [3.05, 3.63) is 34.8 Å². The molecule has 1 saturated heterocycles. The van der Waals surface area contributed by atoms with Gasteiger partial charge in [0.15, 0.2) is 11.5 Å². The van der Waals surface area contributed by atoms with E-state index < -0.39 is 0 Å². The lowest BCUT2D eigenvalue weighted by Crippen LogP contribution is -2.33. The maximum atomic E-state index is 6.16. The molecule has 1 fully saturated rings. The summed E-state index contributed by atoms with van der Waals surface area (Å²) in [5.41, 5.74) is 4.75. The average Bonchev–Trinajstić information content (AvgIpc) is 3.50. The number of hydrogen-bond donors (Lipinski definition) is 2. The van der Waals surface area contributed by atoms with E-state index in [1.807, 2.05) is 19.1 Å². The second-order valence-corrected chi connectivity index (χ2v) is 9.93. The summed E-state index contributed by atoms with van der Waals surface area (Å²) in [5, 5.41) is 17.0. The van der Waals surface area contributed by atoms with Crippen molar-refractivity contribution in [3.8, 4) is 28.6 Å². The molecule has 0 amide bonds. The summed E-state index contributed by atoms with van der Waals surface area (Å²) >= 11 is 1.51. The molecular formula is C26H32N6O4S. The van der Waals surface area contributed by atoms with Crippen molar-refractivity contribution >= 4 is 33.2 Å². The Hall–Kier alpha value is -3.41. The maximum absolute atomic E-state index is 6.16. The van der Waals surface area contributed by atoms with Crippen molar-refractivity contribution < 1.29 is 18.9 Å². The lowest BCUT2D eigenvalue weighted by atomic mass is 10.0. The second-order valence-electron chi connectivity index (χ2n) is 8.74. The molecule has 5 rings (SSSR count). The van der Waals surface area contributed by atoms with Gasteiger partial charge in [0.2, 0.25) is 10.9 Å². The summed E-state index contributed by atoms with van der Waals surface area (Å²) in [6.45, 7) is 7.14. The number of nitrogens with one attached hydrogen (secondary N) is 2. The highest BCUT2D eigenvalue weighted by molar-refractivity contribution is 7.15. The summed E-state index contributed by atoms with van der Waals surface area (Å²) in [5.74, 6) is 2.55. The zero-order valence-corrected chi connectivity index (χ0v) is 22.6. The van der Waals surface area contributed by atoms with Gasteiger partial charge in [-0.2, -0.15) is 0 Å². The molecule has 11 heteroatoms. The summed E-state index contributed by atoms with van der Waals surface area (Å²) < 4.78 is 25.2. The summed E-state index contributed by atoms with van der Waals surface area (Å²) in [6, 6.07) is 8.14. The lowest BCUT2D eigenvalue weighted by Gasteiger charge is -2.26. The van der Waals surface area contributed by atoms with Crippen LogP contribution in [0.3, 0.4) is 0 Å². The number of hydrogen-bond acceptors (Lipinski definition) is 10. The number of morpholine rings is 1. The largest absolute Gasteiger partial charge is 0.493 e. The number of rotatable bonds is 9. The van der Waals surface area contributed by atoms with Crippen molar-refractivity contribution in [2.75, 3.05) is 46.3 Å². The Balaban J connectivity index is 1.69. The van der Waals surface area contributed by atoms with Gasteiger partial charge in [0.1, 0.15) is 10.8 Å². The third kappa shape index (κ3) is 4.94. The van der Waals surface area contributed by atoms with Gasteiger partial charge in [0.05, 0.1) is 45.1 Å². The van der Waals surface area contributed by atoms with Gasteiger partial charge in [-0.15, -0.1) is 10.2 Å². The van der Waals surface area contributed by atoms with E-state index in [0.29, 0.717) is 23.9 Å². The van der Waals surface area contributed by atoms with Crippen molar-refractivity contribution in [2.45, 2.75) is 32.9 Å². The molecule has 3 heterocycles. The number of aryl methyl sites for hydroxylation is 2. The maximum Gasteiger partial charge on any atom is 0.210 e. The summed E-state index contributed by atoms with van der Waals surface area (Å²) in [7, 11) is 4.84. The van der Waals surface area contributed by atoms with Crippen LogP contribution < -0.4 is 24.8 Å². The minimum absolute atomic E-state index is 0.0933. The number of fused-ring (bicyclic) bond motifs is 1. The minimum atomic E-state index is -0.0933. The number of nitrogens with zero attached hydrogens (tertiary/aromatic N) is 4. The molecule has 1 aliphatic heterocycles. The molecule has 0 saturated carbocycles. The van der Waals surface area contributed by atoms with E-state index in [1.54, 1.807) is 21.3 Å². The Kier molecular flexibility index (Phi) is 7.45. The van der Waals surface area contributed by atoms with Crippen molar-refractivity contribution in [3.63, 3.8) is 0 Å². The Morgan fingerprint density at radius 1 is 1.11 bits per heavy atom. The van der Waals surface area contributed by atoms with Crippen LogP contribution in [-0.2, 0) is 11.3 Å². The van der Waals surface area contributed by atoms with Gasteiger partial charge >= 0.3 is 0 Å². The Labute approximate surface area is 219 Å². The number of benzene rings is 2. The first kappa shape index (κ1) is 25.2. The van der Waals surface area contributed by atoms with Crippen LogP contribution in [-0.4, -0.2) is 60.8 Å². The zero-order valence-electron chi connectivity index (χ0n) is 21.8. The molecular weight excluding hydrogens is 492 g/mol. The molecule has 2 N–H and O–H groups in total. The van der Waals surface area contributed by atoms with Crippen LogP contribution in [0.1, 0.15) is 30.0 Å². The lowest BCUT2D eigenvalue weighted by molar-refractivity contribution is 0.0282. The van der Waals surface area contributed by atoms with Crippen molar-refractivity contribution in [1.29, 1.82) is 0 Å². The van der Waals surface area contributed by atoms with E-state index in [9.17, 15) is 0 Å². The van der Waals surface area contributed by atoms with Crippen LogP contribution >= 0.6 is 11.3 Å². The first-order valence-electron chi connectivity index (χ1n) is 12.3. The first-order valence-corrected chi connectivity index (χ1v) is 13.1. The van der Waals surface area contributed by atoms with Gasteiger partial charge < -0.3 is 34.1 Å². The molecule has 37 heavy (non-hydrogen) atoms. The normalized spacial score (nSPS) is 15.6. The molecule has 0 radical (unpaired) electrons. The fourth-order valence-corrected chi connectivity index (χ4v) is 5.27. The molecule has 10 nitrogen and oxygen atoms in total. The van der Waals surface area contributed by atoms with E-state index in [4.69, 9.17) is 23.9 Å². The number of imidazole rings is 1. The number of anilines is 2. The molecule has 0 aliphatic carbocycles. The molecule has 1 atom stereocenters. The highest BCUT2D eigenvalue weighted by Gasteiger charge is 2.24. The van der Waals surface area contributed by atoms with E-state index in [1.165, 1.54) is 11.3 Å². The van der Waals surface area contributed by atoms with Crippen LogP contribution in [0.15, 0.2) is 24.3 Å². The fourth-order valence-electron chi connectivity index (χ4n) is 4.67. The fraction of sp³-hybridized carbons (Fsp3) is 0.423. The van der Waals surface area contributed by atoms with Crippen LogP contribution in [0.4, 0.5) is 10.8 Å². The van der Waals surface area contributed by atoms with E-state index in [2.05, 4.69) is 44.5 Å². The molecule has 1 unspecified atom stereocenters.